The quantitative estimate of drug-likeness (QED) is 0.751. The summed E-state index contributed by atoms with van der Waals surface area (Å²) in [6, 6.07) is 12.8. The van der Waals surface area contributed by atoms with Crippen LogP contribution in [0.25, 0.3) is 0 Å². The molecule has 3 heterocycles. The highest BCUT2D eigenvalue weighted by Crippen LogP contribution is 2.37. The van der Waals surface area contributed by atoms with Crippen molar-refractivity contribution >= 4 is 22.9 Å². The van der Waals surface area contributed by atoms with Crippen molar-refractivity contribution in [1.29, 1.82) is 0 Å². The number of hydrogen-bond acceptors (Lipinski definition) is 4. The van der Waals surface area contributed by atoms with E-state index in [-0.39, 0.29) is 11.9 Å². The molecule has 1 N–H and O–H groups in total. The van der Waals surface area contributed by atoms with E-state index in [0.29, 0.717) is 6.54 Å². The molecule has 3 aromatic rings. The molecule has 140 valence electrons. The van der Waals surface area contributed by atoms with Crippen molar-refractivity contribution in [3.8, 4) is 0 Å². The zero-order valence-electron chi connectivity index (χ0n) is 15.9. The van der Waals surface area contributed by atoms with Crippen molar-refractivity contribution in [2.45, 2.75) is 26.3 Å². The number of carbonyl (C=O) groups is 1. The van der Waals surface area contributed by atoms with Crippen LogP contribution in [0.15, 0.2) is 41.8 Å². The first-order valence-electron chi connectivity index (χ1n) is 9.20. The summed E-state index contributed by atoms with van der Waals surface area (Å²) in [6.07, 6.45) is 0.995. The Hall–Kier alpha value is -2.44. The number of carbonyl (C=O) groups excluding carboxylic acids is 1. The van der Waals surface area contributed by atoms with Gasteiger partial charge in [-0.1, -0.05) is 30.3 Å². The fourth-order valence-electron chi connectivity index (χ4n) is 3.88. The number of fused-ring (bicyclic) bond motifs is 1. The van der Waals surface area contributed by atoms with Crippen LogP contribution in [0.5, 0.6) is 0 Å². The van der Waals surface area contributed by atoms with E-state index in [4.69, 9.17) is 0 Å². The SMILES string of the molecule is Cc1nn(C)c(C)c1NC(=O)CN1CCc2sccc2C1c1ccccc1. The maximum Gasteiger partial charge on any atom is 0.238 e. The summed E-state index contributed by atoms with van der Waals surface area (Å²) >= 11 is 1.82. The molecule has 0 saturated heterocycles. The van der Waals surface area contributed by atoms with Gasteiger partial charge in [0.25, 0.3) is 0 Å². The minimum absolute atomic E-state index is 0.00816. The summed E-state index contributed by atoms with van der Waals surface area (Å²) in [5.74, 6) is 0.00816. The van der Waals surface area contributed by atoms with Gasteiger partial charge in [-0.25, -0.2) is 0 Å². The third kappa shape index (κ3) is 3.42. The lowest BCUT2D eigenvalue weighted by atomic mass is 9.93. The van der Waals surface area contributed by atoms with E-state index in [1.165, 1.54) is 16.0 Å². The molecule has 0 saturated carbocycles. The minimum atomic E-state index is 0.00816. The normalized spacial score (nSPS) is 16.9. The molecule has 0 aliphatic carbocycles. The van der Waals surface area contributed by atoms with Gasteiger partial charge in [0.1, 0.15) is 0 Å². The Bertz CT molecular complexity index is 960. The monoisotopic (exact) mass is 380 g/mol. The maximum atomic E-state index is 12.8. The average Bonchev–Trinajstić information content (AvgIpc) is 3.22. The van der Waals surface area contributed by atoms with Crippen molar-refractivity contribution in [1.82, 2.24) is 14.7 Å². The third-order valence-corrected chi connectivity index (χ3v) is 6.30. The molecule has 1 unspecified atom stereocenters. The molecular formula is C21H24N4OS. The van der Waals surface area contributed by atoms with E-state index in [9.17, 15) is 4.79 Å². The van der Waals surface area contributed by atoms with Gasteiger partial charge in [0.2, 0.25) is 5.91 Å². The van der Waals surface area contributed by atoms with E-state index in [1.807, 2.05) is 38.3 Å². The summed E-state index contributed by atoms with van der Waals surface area (Å²) < 4.78 is 1.80. The van der Waals surface area contributed by atoms with Gasteiger partial charge in [0, 0.05) is 18.5 Å². The molecule has 1 aliphatic rings. The molecule has 0 spiro atoms. The fourth-order valence-corrected chi connectivity index (χ4v) is 4.79. The van der Waals surface area contributed by atoms with Gasteiger partial charge in [-0.3, -0.25) is 14.4 Å². The predicted octanol–water partition coefficient (Wildman–Crippen LogP) is 3.68. The number of benzene rings is 1. The molecule has 6 heteroatoms. The largest absolute Gasteiger partial charge is 0.322 e. The molecule has 0 bridgehead atoms. The Kier molecular flexibility index (Phi) is 4.85. The summed E-state index contributed by atoms with van der Waals surface area (Å²) in [7, 11) is 1.89. The summed E-state index contributed by atoms with van der Waals surface area (Å²) in [6.45, 7) is 5.14. The number of rotatable bonds is 4. The van der Waals surface area contributed by atoms with Gasteiger partial charge in [0.05, 0.1) is 29.7 Å². The standard InChI is InChI=1S/C21H24N4OS/c1-14-20(15(2)24(3)23-14)22-19(26)13-25-11-9-18-17(10-12-27-18)21(25)16-7-5-4-6-8-16/h4-8,10,12,21H,9,11,13H2,1-3H3,(H,22,26). The highest BCUT2D eigenvalue weighted by molar-refractivity contribution is 7.10. The van der Waals surface area contributed by atoms with Gasteiger partial charge >= 0.3 is 0 Å². The number of hydrogen-bond donors (Lipinski definition) is 1. The van der Waals surface area contributed by atoms with Crippen LogP contribution in [-0.2, 0) is 18.3 Å². The van der Waals surface area contributed by atoms with E-state index in [2.05, 4.69) is 51.0 Å². The second-order valence-electron chi connectivity index (χ2n) is 7.05. The predicted molar refractivity (Wildman–Crippen MR) is 109 cm³/mol. The molecule has 1 atom stereocenters. The molecule has 0 fully saturated rings. The van der Waals surface area contributed by atoms with Gasteiger partial charge in [-0.05, 0) is 42.8 Å². The molecule has 1 amide bonds. The summed E-state index contributed by atoms with van der Waals surface area (Å²) in [5.41, 5.74) is 5.21. The zero-order chi connectivity index (χ0) is 19.0. The van der Waals surface area contributed by atoms with E-state index in [0.717, 1.165) is 30.0 Å². The molecule has 5 nitrogen and oxygen atoms in total. The summed E-state index contributed by atoms with van der Waals surface area (Å²) in [5, 5.41) is 9.62. The Morgan fingerprint density at radius 3 is 2.74 bits per heavy atom. The molecule has 1 aliphatic heterocycles. The van der Waals surface area contributed by atoms with Crippen molar-refractivity contribution in [3.63, 3.8) is 0 Å². The fraction of sp³-hybridized carbons (Fsp3) is 0.333. The van der Waals surface area contributed by atoms with Gasteiger partial charge in [-0.15, -0.1) is 11.3 Å². The average molecular weight is 381 g/mol. The molecule has 1 aromatic carbocycles. The summed E-state index contributed by atoms with van der Waals surface area (Å²) in [4.78, 5) is 16.5. The van der Waals surface area contributed by atoms with Gasteiger partial charge < -0.3 is 5.32 Å². The van der Waals surface area contributed by atoms with Crippen molar-refractivity contribution < 1.29 is 4.79 Å². The minimum Gasteiger partial charge on any atom is -0.322 e. The molecule has 27 heavy (non-hydrogen) atoms. The van der Waals surface area contributed by atoms with Crippen LogP contribution in [-0.4, -0.2) is 33.7 Å². The lowest BCUT2D eigenvalue weighted by molar-refractivity contribution is -0.117. The van der Waals surface area contributed by atoms with Crippen molar-refractivity contribution in [2.24, 2.45) is 7.05 Å². The molecule has 2 aromatic heterocycles. The first-order chi connectivity index (χ1) is 13.0. The third-order valence-electron chi connectivity index (χ3n) is 5.30. The number of thiophene rings is 1. The van der Waals surface area contributed by atoms with E-state index < -0.39 is 0 Å². The maximum absolute atomic E-state index is 12.8. The number of aryl methyl sites for hydroxylation is 2. The Morgan fingerprint density at radius 2 is 2.04 bits per heavy atom. The number of nitrogens with one attached hydrogen (secondary N) is 1. The lowest BCUT2D eigenvalue weighted by Gasteiger charge is -2.35. The number of amides is 1. The Labute approximate surface area is 163 Å². The van der Waals surface area contributed by atoms with Crippen molar-refractivity contribution in [3.05, 3.63) is 69.2 Å². The van der Waals surface area contributed by atoms with Crippen LogP contribution in [0.1, 0.15) is 33.4 Å². The zero-order valence-corrected chi connectivity index (χ0v) is 16.7. The molecule has 0 radical (unpaired) electrons. The van der Waals surface area contributed by atoms with E-state index in [1.54, 1.807) is 4.68 Å². The van der Waals surface area contributed by atoms with Crippen LogP contribution < -0.4 is 5.32 Å². The van der Waals surface area contributed by atoms with Crippen LogP contribution in [0.3, 0.4) is 0 Å². The first kappa shape index (κ1) is 17.9. The number of aromatic nitrogens is 2. The van der Waals surface area contributed by atoms with Crippen LogP contribution in [0.2, 0.25) is 0 Å². The smallest absolute Gasteiger partial charge is 0.238 e. The highest BCUT2D eigenvalue weighted by atomic mass is 32.1. The van der Waals surface area contributed by atoms with Crippen LogP contribution in [0, 0.1) is 13.8 Å². The molecular weight excluding hydrogens is 356 g/mol. The topological polar surface area (TPSA) is 50.2 Å². The Balaban J connectivity index is 1.58. The molecule has 4 rings (SSSR count). The Morgan fingerprint density at radius 1 is 1.26 bits per heavy atom. The van der Waals surface area contributed by atoms with Gasteiger partial charge in [0.15, 0.2) is 0 Å². The number of anilines is 1. The van der Waals surface area contributed by atoms with Gasteiger partial charge in [-0.2, -0.15) is 5.10 Å². The number of nitrogens with zero attached hydrogens (tertiary/aromatic N) is 3. The first-order valence-corrected chi connectivity index (χ1v) is 10.1. The van der Waals surface area contributed by atoms with Crippen LogP contribution in [0.4, 0.5) is 5.69 Å². The lowest BCUT2D eigenvalue weighted by Crippen LogP contribution is -2.40. The second kappa shape index (κ2) is 7.29. The van der Waals surface area contributed by atoms with Crippen molar-refractivity contribution in [2.75, 3.05) is 18.4 Å². The highest BCUT2D eigenvalue weighted by Gasteiger charge is 2.31. The van der Waals surface area contributed by atoms with Crippen LogP contribution >= 0.6 is 11.3 Å². The second-order valence-corrected chi connectivity index (χ2v) is 8.05. The van der Waals surface area contributed by atoms with E-state index >= 15 is 0 Å².